The van der Waals surface area contributed by atoms with Crippen molar-refractivity contribution in [3.63, 3.8) is 0 Å². The normalized spacial score (nSPS) is 12.0. The third kappa shape index (κ3) is 3.65. The van der Waals surface area contributed by atoms with Crippen LogP contribution in [0.25, 0.3) is 0 Å². The molecule has 2 aromatic rings. The summed E-state index contributed by atoms with van der Waals surface area (Å²) in [5, 5.41) is 7.95. The smallest absolute Gasteiger partial charge is 0.294 e. The lowest BCUT2D eigenvalue weighted by molar-refractivity contribution is 0.482. The first-order valence-corrected chi connectivity index (χ1v) is 7.57. The van der Waals surface area contributed by atoms with Crippen LogP contribution in [0.3, 0.4) is 0 Å². The van der Waals surface area contributed by atoms with Gasteiger partial charge < -0.3 is 5.73 Å². The van der Waals surface area contributed by atoms with Crippen LogP contribution in [0.5, 0.6) is 0 Å². The molecule has 21 heavy (non-hydrogen) atoms. The van der Waals surface area contributed by atoms with Crippen molar-refractivity contribution < 1.29 is 13.0 Å². The second kappa shape index (κ2) is 5.63. The van der Waals surface area contributed by atoms with Gasteiger partial charge in [-0.15, -0.1) is 5.11 Å². The quantitative estimate of drug-likeness (QED) is 0.514. The molecule has 0 aliphatic rings. The largest absolute Gasteiger partial charge is 0.397 e. The molecule has 7 heteroatoms. The molecule has 110 valence electrons. The van der Waals surface area contributed by atoms with E-state index in [2.05, 4.69) is 10.2 Å². The number of anilines is 1. The van der Waals surface area contributed by atoms with E-state index in [0.29, 0.717) is 11.3 Å². The van der Waals surface area contributed by atoms with E-state index in [-0.39, 0.29) is 16.3 Å². The van der Waals surface area contributed by atoms with Crippen LogP contribution in [0.4, 0.5) is 17.1 Å². The Balaban J connectivity index is 2.42. The average Bonchev–Trinajstić information content (AvgIpc) is 2.38. The monoisotopic (exact) mass is 305 g/mol. The first-order chi connectivity index (χ1) is 9.77. The van der Waals surface area contributed by atoms with Crippen molar-refractivity contribution >= 4 is 27.2 Å². The second-order valence-corrected chi connectivity index (χ2v) is 6.08. The van der Waals surface area contributed by atoms with E-state index in [0.717, 1.165) is 5.56 Å². The van der Waals surface area contributed by atoms with Gasteiger partial charge in [-0.1, -0.05) is 17.7 Å². The molecule has 6 nitrogen and oxygen atoms in total. The molecule has 0 heterocycles. The minimum Gasteiger partial charge on any atom is -0.397 e. The molecule has 0 fully saturated rings. The first-order valence-electron chi connectivity index (χ1n) is 6.13. The minimum absolute atomic E-state index is 0.189. The fourth-order valence-electron chi connectivity index (χ4n) is 1.79. The number of benzene rings is 2. The summed E-state index contributed by atoms with van der Waals surface area (Å²) in [7, 11) is -4.32. The van der Waals surface area contributed by atoms with Gasteiger partial charge >= 0.3 is 0 Å². The van der Waals surface area contributed by atoms with Crippen LogP contribution < -0.4 is 5.73 Å². The zero-order chi connectivity index (χ0) is 15.6. The highest BCUT2D eigenvalue weighted by molar-refractivity contribution is 7.85. The van der Waals surface area contributed by atoms with Gasteiger partial charge in [0.05, 0.1) is 16.3 Å². The summed E-state index contributed by atoms with van der Waals surface area (Å²) in [5.41, 5.74) is 8.33. The van der Waals surface area contributed by atoms with Gasteiger partial charge in [-0.25, -0.2) is 0 Å². The van der Waals surface area contributed by atoms with E-state index < -0.39 is 10.1 Å². The zero-order valence-corrected chi connectivity index (χ0v) is 12.4. The maximum absolute atomic E-state index is 11.3. The molecule has 2 aromatic carbocycles. The lowest BCUT2D eigenvalue weighted by Crippen LogP contribution is -2.01. The third-order valence-corrected chi connectivity index (χ3v) is 3.90. The SMILES string of the molecule is Cc1ccc(N=Nc2cc(S(=O)(=O)O)c(C)cc2N)cc1. The van der Waals surface area contributed by atoms with E-state index in [1.54, 1.807) is 19.1 Å². The highest BCUT2D eigenvalue weighted by Gasteiger charge is 2.15. The van der Waals surface area contributed by atoms with E-state index in [4.69, 9.17) is 10.3 Å². The Hall–Kier alpha value is -2.25. The predicted molar refractivity (Wildman–Crippen MR) is 80.8 cm³/mol. The van der Waals surface area contributed by atoms with Gasteiger partial charge in [0, 0.05) is 0 Å². The Kier molecular flexibility index (Phi) is 4.06. The molecule has 0 radical (unpaired) electrons. The second-order valence-electron chi connectivity index (χ2n) is 4.69. The van der Waals surface area contributed by atoms with Gasteiger partial charge in [0.15, 0.2) is 0 Å². The fourth-order valence-corrected chi connectivity index (χ4v) is 2.51. The molecular weight excluding hydrogens is 290 g/mol. The molecule has 3 N–H and O–H groups in total. The number of rotatable bonds is 3. The molecule has 0 bridgehead atoms. The molecule has 0 aliphatic heterocycles. The summed E-state index contributed by atoms with van der Waals surface area (Å²) in [6, 6.07) is 9.98. The Morgan fingerprint density at radius 2 is 1.67 bits per heavy atom. The molecule has 0 amide bonds. The number of nitrogens with zero attached hydrogens (tertiary/aromatic N) is 2. The zero-order valence-electron chi connectivity index (χ0n) is 11.6. The maximum Gasteiger partial charge on any atom is 0.294 e. The van der Waals surface area contributed by atoms with Crippen LogP contribution in [0.15, 0.2) is 51.5 Å². The van der Waals surface area contributed by atoms with Crippen molar-refractivity contribution in [2.45, 2.75) is 18.7 Å². The number of nitrogens with two attached hydrogens (primary N) is 1. The van der Waals surface area contributed by atoms with E-state index in [1.165, 1.54) is 12.1 Å². The number of nitrogen functional groups attached to an aromatic ring is 1. The maximum atomic E-state index is 11.3. The molecule has 0 spiro atoms. The highest BCUT2D eigenvalue weighted by Crippen LogP contribution is 2.30. The van der Waals surface area contributed by atoms with Crippen molar-refractivity contribution in [2.75, 3.05) is 5.73 Å². The van der Waals surface area contributed by atoms with Crippen molar-refractivity contribution in [2.24, 2.45) is 10.2 Å². The Morgan fingerprint density at radius 3 is 2.24 bits per heavy atom. The van der Waals surface area contributed by atoms with Crippen LogP contribution in [0.1, 0.15) is 11.1 Å². The van der Waals surface area contributed by atoms with Crippen molar-refractivity contribution in [1.29, 1.82) is 0 Å². The van der Waals surface area contributed by atoms with Gasteiger partial charge in [-0.05, 0) is 43.7 Å². The Labute approximate surface area is 123 Å². The standard InChI is InChI=1S/C14H15N3O3S/c1-9-3-5-11(6-4-9)16-17-13-8-14(21(18,19)20)10(2)7-12(13)15/h3-8H,15H2,1-2H3,(H,18,19,20). The van der Waals surface area contributed by atoms with E-state index in [9.17, 15) is 8.42 Å². The van der Waals surface area contributed by atoms with Crippen molar-refractivity contribution in [3.05, 3.63) is 47.5 Å². The van der Waals surface area contributed by atoms with Crippen molar-refractivity contribution in [3.8, 4) is 0 Å². The van der Waals surface area contributed by atoms with E-state index in [1.807, 2.05) is 19.1 Å². The third-order valence-electron chi connectivity index (χ3n) is 2.91. The van der Waals surface area contributed by atoms with Gasteiger partial charge in [-0.2, -0.15) is 13.5 Å². The van der Waals surface area contributed by atoms with E-state index >= 15 is 0 Å². The van der Waals surface area contributed by atoms with Crippen LogP contribution in [0, 0.1) is 13.8 Å². The van der Waals surface area contributed by atoms with Crippen LogP contribution in [-0.4, -0.2) is 13.0 Å². The fraction of sp³-hybridized carbons (Fsp3) is 0.143. The summed E-state index contributed by atoms with van der Waals surface area (Å²) in [5.74, 6) is 0. The topological polar surface area (TPSA) is 105 Å². The molecule has 0 atom stereocenters. The van der Waals surface area contributed by atoms with Crippen molar-refractivity contribution in [1.82, 2.24) is 0 Å². The van der Waals surface area contributed by atoms with Gasteiger partial charge in [0.25, 0.3) is 10.1 Å². The van der Waals surface area contributed by atoms with Crippen LogP contribution >= 0.6 is 0 Å². The lowest BCUT2D eigenvalue weighted by Gasteiger charge is -2.06. The summed E-state index contributed by atoms with van der Waals surface area (Å²) < 4.78 is 31.7. The summed E-state index contributed by atoms with van der Waals surface area (Å²) in [6.07, 6.45) is 0. The van der Waals surface area contributed by atoms with Gasteiger partial charge in [0.2, 0.25) is 0 Å². The number of azo groups is 1. The summed E-state index contributed by atoms with van der Waals surface area (Å²) in [6.45, 7) is 3.50. The molecule has 0 aromatic heterocycles. The summed E-state index contributed by atoms with van der Waals surface area (Å²) >= 11 is 0. The predicted octanol–water partition coefficient (Wildman–Crippen LogP) is 3.55. The molecule has 0 saturated heterocycles. The average molecular weight is 305 g/mol. The number of hydrogen-bond donors (Lipinski definition) is 2. The molecular formula is C14H15N3O3S. The van der Waals surface area contributed by atoms with Gasteiger partial charge in [0.1, 0.15) is 5.69 Å². The molecule has 0 unspecified atom stereocenters. The highest BCUT2D eigenvalue weighted by atomic mass is 32.2. The molecule has 0 aliphatic carbocycles. The number of hydrogen-bond acceptors (Lipinski definition) is 5. The van der Waals surface area contributed by atoms with Crippen LogP contribution in [0.2, 0.25) is 0 Å². The Bertz CT molecular complexity index is 797. The van der Waals surface area contributed by atoms with Gasteiger partial charge in [-0.3, -0.25) is 4.55 Å². The Morgan fingerprint density at radius 1 is 1.05 bits per heavy atom. The summed E-state index contributed by atoms with van der Waals surface area (Å²) in [4.78, 5) is -0.227. The molecule has 0 saturated carbocycles. The first kappa shape index (κ1) is 15.1. The van der Waals surface area contributed by atoms with Crippen LogP contribution in [-0.2, 0) is 10.1 Å². The molecule has 2 rings (SSSR count). The number of aryl methyl sites for hydroxylation is 2. The lowest BCUT2D eigenvalue weighted by atomic mass is 10.2. The minimum atomic E-state index is -4.32.